The van der Waals surface area contributed by atoms with E-state index in [0.717, 1.165) is 23.6 Å². The average molecular weight is 308 g/mol. The van der Waals surface area contributed by atoms with Crippen molar-refractivity contribution in [3.8, 4) is 5.75 Å². The fourth-order valence-electron chi connectivity index (χ4n) is 2.26. The zero-order chi connectivity index (χ0) is 15.9. The molecule has 1 aromatic carbocycles. The largest absolute Gasteiger partial charge is 0.489 e. The van der Waals surface area contributed by atoms with Crippen LogP contribution in [0.1, 0.15) is 29.9 Å². The van der Waals surface area contributed by atoms with Gasteiger partial charge in [-0.25, -0.2) is 0 Å². The van der Waals surface area contributed by atoms with Crippen molar-refractivity contribution in [1.29, 1.82) is 0 Å². The zero-order valence-electron chi connectivity index (χ0n) is 13.1. The number of rotatable bonds is 7. The van der Waals surface area contributed by atoms with Crippen LogP contribution in [0.3, 0.4) is 0 Å². The van der Waals surface area contributed by atoms with Gasteiger partial charge in [-0.2, -0.15) is 0 Å². The Kier molecular flexibility index (Phi) is 5.06. The van der Waals surface area contributed by atoms with Gasteiger partial charge in [-0.1, -0.05) is 18.2 Å². The van der Waals surface area contributed by atoms with E-state index in [-0.39, 0.29) is 6.04 Å². The molecule has 0 saturated heterocycles. The lowest BCUT2D eigenvalue weighted by atomic mass is 10.2. The normalized spacial score (nSPS) is 12.0. The van der Waals surface area contributed by atoms with E-state index in [1.165, 1.54) is 5.56 Å². The van der Waals surface area contributed by atoms with Gasteiger partial charge in [0.05, 0.1) is 12.3 Å². The summed E-state index contributed by atoms with van der Waals surface area (Å²) in [7, 11) is 0. The van der Waals surface area contributed by atoms with E-state index in [9.17, 15) is 0 Å². The molecule has 0 aliphatic rings. The lowest BCUT2D eigenvalue weighted by Crippen LogP contribution is -2.17. The van der Waals surface area contributed by atoms with Gasteiger partial charge in [0, 0.05) is 24.5 Å². The maximum absolute atomic E-state index is 5.76. The van der Waals surface area contributed by atoms with Gasteiger partial charge < -0.3 is 14.5 Å². The number of pyridine rings is 1. The van der Waals surface area contributed by atoms with Gasteiger partial charge in [0.15, 0.2) is 0 Å². The molecule has 23 heavy (non-hydrogen) atoms. The molecular formula is C19H20N2O2. The first-order chi connectivity index (χ1) is 11.3. The van der Waals surface area contributed by atoms with E-state index in [4.69, 9.17) is 9.15 Å². The molecule has 3 rings (SSSR count). The van der Waals surface area contributed by atoms with Crippen molar-refractivity contribution in [2.45, 2.75) is 26.1 Å². The fourth-order valence-corrected chi connectivity index (χ4v) is 2.26. The first-order valence-electron chi connectivity index (χ1n) is 7.69. The number of hydrogen-bond donors (Lipinski definition) is 1. The first-order valence-corrected chi connectivity index (χ1v) is 7.69. The molecular weight excluding hydrogens is 288 g/mol. The van der Waals surface area contributed by atoms with Crippen molar-refractivity contribution in [3.05, 3.63) is 84.1 Å². The summed E-state index contributed by atoms with van der Waals surface area (Å²) in [4.78, 5) is 4.08. The summed E-state index contributed by atoms with van der Waals surface area (Å²) in [5.41, 5.74) is 2.27. The summed E-state index contributed by atoms with van der Waals surface area (Å²) in [5, 5.41) is 3.44. The van der Waals surface area contributed by atoms with Crippen LogP contribution in [0.4, 0.5) is 0 Å². The Morgan fingerprint density at radius 1 is 1.09 bits per heavy atom. The van der Waals surface area contributed by atoms with Crippen molar-refractivity contribution in [1.82, 2.24) is 10.3 Å². The maximum atomic E-state index is 5.76. The third-order valence-electron chi connectivity index (χ3n) is 3.63. The third-order valence-corrected chi connectivity index (χ3v) is 3.63. The summed E-state index contributed by atoms with van der Waals surface area (Å²) in [6, 6.07) is 16.1. The lowest BCUT2D eigenvalue weighted by Gasteiger charge is -2.12. The molecule has 1 unspecified atom stereocenters. The molecule has 4 heteroatoms. The quantitative estimate of drug-likeness (QED) is 0.713. The monoisotopic (exact) mass is 308 g/mol. The van der Waals surface area contributed by atoms with E-state index in [2.05, 4.69) is 29.4 Å². The summed E-state index contributed by atoms with van der Waals surface area (Å²) < 4.78 is 11.1. The third kappa shape index (κ3) is 4.44. The Balaban J connectivity index is 1.49. The lowest BCUT2D eigenvalue weighted by molar-refractivity contribution is 0.305. The highest BCUT2D eigenvalue weighted by Gasteiger charge is 2.07. The van der Waals surface area contributed by atoms with Gasteiger partial charge in [0.25, 0.3) is 0 Å². The molecule has 2 heterocycles. The van der Waals surface area contributed by atoms with Crippen molar-refractivity contribution in [2.75, 3.05) is 0 Å². The molecule has 0 bridgehead atoms. The summed E-state index contributed by atoms with van der Waals surface area (Å²) in [6.07, 6.45) is 5.27. The molecule has 118 valence electrons. The Morgan fingerprint density at radius 2 is 1.96 bits per heavy atom. The minimum atomic E-state index is 0.187. The van der Waals surface area contributed by atoms with Crippen LogP contribution in [0.5, 0.6) is 5.75 Å². The predicted octanol–water partition coefficient (Wildman–Crippen LogP) is 4.10. The molecule has 3 aromatic rings. The van der Waals surface area contributed by atoms with E-state index in [0.29, 0.717) is 6.61 Å². The van der Waals surface area contributed by atoms with Gasteiger partial charge in [0.1, 0.15) is 18.1 Å². The molecule has 0 spiro atoms. The van der Waals surface area contributed by atoms with Gasteiger partial charge >= 0.3 is 0 Å². The Hall–Kier alpha value is -2.59. The van der Waals surface area contributed by atoms with E-state index in [1.54, 1.807) is 12.5 Å². The Bertz CT molecular complexity index is 694. The molecule has 0 radical (unpaired) electrons. The van der Waals surface area contributed by atoms with E-state index < -0.39 is 0 Å². The molecule has 1 N–H and O–H groups in total. The molecule has 0 saturated carbocycles. The predicted molar refractivity (Wildman–Crippen MR) is 89.0 cm³/mol. The number of benzene rings is 1. The van der Waals surface area contributed by atoms with Gasteiger partial charge in [-0.15, -0.1) is 0 Å². The number of ether oxygens (including phenoxy) is 1. The fraction of sp³-hybridized carbons (Fsp3) is 0.211. The smallest absolute Gasteiger partial charge is 0.120 e. The van der Waals surface area contributed by atoms with Crippen molar-refractivity contribution in [2.24, 2.45) is 0 Å². The van der Waals surface area contributed by atoms with Gasteiger partial charge in [-0.3, -0.25) is 4.98 Å². The van der Waals surface area contributed by atoms with Crippen molar-refractivity contribution in [3.63, 3.8) is 0 Å². The van der Waals surface area contributed by atoms with Gasteiger partial charge in [0.2, 0.25) is 0 Å². The highest BCUT2D eigenvalue weighted by atomic mass is 16.5. The second-order valence-corrected chi connectivity index (χ2v) is 5.41. The number of nitrogens with zero attached hydrogens (tertiary/aromatic N) is 1. The van der Waals surface area contributed by atoms with Crippen molar-refractivity contribution < 1.29 is 9.15 Å². The molecule has 0 fully saturated rings. The maximum Gasteiger partial charge on any atom is 0.120 e. The second kappa shape index (κ2) is 7.61. The van der Waals surface area contributed by atoms with Crippen LogP contribution in [-0.4, -0.2) is 4.98 Å². The van der Waals surface area contributed by atoms with E-state index in [1.807, 2.05) is 42.6 Å². The number of nitrogens with one attached hydrogen (secondary N) is 1. The second-order valence-electron chi connectivity index (χ2n) is 5.41. The minimum absolute atomic E-state index is 0.187. The van der Waals surface area contributed by atoms with Gasteiger partial charge in [-0.05, 0) is 42.8 Å². The van der Waals surface area contributed by atoms with Crippen LogP contribution in [0.15, 0.2) is 71.6 Å². The summed E-state index contributed by atoms with van der Waals surface area (Å²) >= 11 is 0. The van der Waals surface area contributed by atoms with Crippen LogP contribution in [0, 0.1) is 0 Å². The van der Waals surface area contributed by atoms with Crippen LogP contribution >= 0.6 is 0 Å². The minimum Gasteiger partial charge on any atom is -0.489 e. The molecule has 1 atom stereocenters. The summed E-state index contributed by atoms with van der Waals surface area (Å²) in [6.45, 7) is 3.40. The number of hydrogen-bond acceptors (Lipinski definition) is 4. The molecule has 2 aromatic heterocycles. The number of aromatic nitrogens is 1. The zero-order valence-corrected chi connectivity index (χ0v) is 13.1. The molecule has 0 aliphatic carbocycles. The van der Waals surface area contributed by atoms with E-state index >= 15 is 0 Å². The summed E-state index contributed by atoms with van der Waals surface area (Å²) in [5.74, 6) is 1.80. The standard InChI is InChI=1S/C19H20N2O2/c1-15(19-5-3-11-22-19)21-13-16-6-8-18(9-7-16)23-14-17-4-2-10-20-12-17/h2-12,15,21H,13-14H2,1H3. The van der Waals surface area contributed by atoms with Crippen LogP contribution in [-0.2, 0) is 13.2 Å². The SMILES string of the molecule is CC(NCc1ccc(OCc2cccnc2)cc1)c1ccco1. The Morgan fingerprint density at radius 3 is 2.65 bits per heavy atom. The molecule has 0 aliphatic heterocycles. The average Bonchev–Trinajstić information content (AvgIpc) is 3.14. The Labute approximate surface area is 136 Å². The first kappa shape index (κ1) is 15.3. The highest BCUT2D eigenvalue weighted by Crippen LogP contribution is 2.16. The van der Waals surface area contributed by atoms with Crippen LogP contribution in [0.25, 0.3) is 0 Å². The number of furan rings is 1. The molecule has 0 amide bonds. The van der Waals surface area contributed by atoms with Crippen LogP contribution < -0.4 is 10.1 Å². The van der Waals surface area contributed by atoms with Crippen molar-refractivity contribution >= 4 is 0 Å². The topological polar surface area (TPSA) is 47.3 Å². The van der Waals surface area contributed by atoms with Crippen LogP contribution in [0.2, 0.25) is 0 Å². The highest BCUT2D eigenvalue weighted by molar-refractivity contribution is 5.27. The molecule has 4 nitrogen and oxygen atoms in total.